The first kappa shape index (κ1) is 13.4. The molecule has 21 heavy (non-hydrogen) atoms. The Morgan fingerprint density at radius 1 is 1.48 bits per heavy atom. The quantitative estimate of drug-likeness (QED) is 0.574. The van der Waals surface area contributed by atoms with Gasteiger partial charge in [0.1, 0.15) is 12.0 Å². The molecule has 2 aromatic heterocycles. The van der Waals surface area contributed by atoms with Crippen LogP contribution in [0.15, 0.2) is 24.0 Å². The van der Waals surface area contributed by atoms with Crippen molar-refractivity contribution in [3.63, 3.8) is 0 Å². The van der Waals surface area contributed by atoms with Crippen LogP contribution in [-0.4, -0.2) is 24.7 Å². The predicted molar refractivity (Wildman–Crippen MR) is 79.3 cm³/mol. The fraction of sp³-hybridized carbons (Fsp3) is 0.250. The van der Waals surface area contributed by atoms with Crippen molar-refractivity contribution < 1.29 is 4.92 Å². The second kappa shape index (κ2) is 5.44. The van der Waals surface area contributed by atoms with Gasteiger partial charge in [0.05, 0.1) is 21.7 Å². The first-order valence-electron chi connectivity index (χ1n) is 6.32. The lowest BCUT2D eigenvalue weighted by Crippen LogP contribution is -2.08. The molecule has 2 heterocycles. The highest BCUT2D eigenvalue weighted by Crippen LogP contribution is 2.34. The van der Waals surface area contributed by atoms with E-state index in [4.69, 9.17) is 0 Å². The molecule has 0 atom stereocenters. The van der Waals surface area contributed by atoms with Crippen molar-refractivity contribution in [2.24, 2.45) is 0 Å². The van der Waals surface area contributed by atoms with E-state index < -0.39 is 4.92 Å². The van der Waals surface area contributed by atoms with Crippen LogP contribution in [0.5, 0.6) is 0 Å². The molecule has 1 N–H and O–H groups in total. The van der Waals surface area contributed by atoms with Crippen LogP contribution in [0, 0.1) is 10.1 Å². The second-order valence-electron chi connectivity index (χ2n) is 4.30. The van der Waals surface area contributed by atoms with Crippen LogP contribution in [0.2, 0.25) is 0 Å². The molecule has 0 bridgehead atoms. The molecule has 8 nitrogen and oxygen atoms in total. The van der Waals surface area contributed by atoms with Crippen molar-refractivity contribution in [3.8, 4) is 0 Å². The summed E-state index contributed by atoms with van der Waals surface area (Å²) in [5.41, 5.74) is 2.45. The Morgan fingerprint density at radius 3 is 3.10 bits per heavy atom. The van der Waals surface area contributed by atoms with Gasteiger partial charge in [-0.25, -0.2) is 4.98 Å². The van der Waals surface area contributed by atoms with Gasteiger partial charge in [0.2, 0.25) is 0 Å². The van der Waals surface area contributed by atoms with E-state index in [0.717, 1.165) is 17.1 Å². The van der Waals surface area contributed by atoms with Crippen LogP contribution in [0.25, 0.3) is 10.2 Å². The summed E-state index contributed by atoms with van der Waals surface area (Å²) in [6.45, 7) is 3.10. The minimum atomic E-state index is -0.408. The lowest BCUT2D eigenvalue weighted by atomic mass is 10.2. The number of nitro groups is 1. The van der Waals surface area contributed by atoms with Crippen LogP contribution >= 0.6 is 11.3 Å². The molecule has 0 aliphatic heterocycles. The fourth-order valence-corrected chi connectivity index (χ4v) is 2.78. The predicted octanol–water partition coefficient (Wildman–Crippen LogP) is 2.43. The number of hydrogen-bond acceptors (Lipinski definition) is 7. The molecule has 1 aromatic carbocycles. The molecule has 0 fully saturated rings. The first-order chi connectivity index (χ1) is 10.2. The number of anilines is 1. The third-order valence-corrected chi connectivity index (χ3v) is 3.93. The maximum absolute atomic E-state index is 11.3. The molecule has 3 aromatic rings. The maximum Gasteiger partial charge on any atom is 0.319 e. The third kappa shape index (κ3) is 2.42. The SMILES string of the molecule is CCn1cnnc1CNc1ccc2scnc2c1[N+](=O)[O-]. The van der Waals surface area contributed by atoms with Gasteiger partial charge >= 0.3 is 5.69 Å². The molecule has 0 aliphatic rings. The van der Waals surface area contributed by atoms with E-state index in [1.165, 1.54) is 11.3 Å². The van der Waals surface area contributed by atoms with E-state index in [1.54, 1.807) is 17.9 Å². The molecule has 9 heteroatoms. The molecule has 0 amide bonds. The molecule has 0 spiro atoms. The second-order valence-corrected chi connectivity index (χ2v) is 5.19. The summed E-state index contributed by atoms with van der Waals surface area (Å²) in [5.74, 6) is 0.727. The number of nitrogens with zero attached hydrogens (tertiary/aromatic N) is 5. The highest BCUT2D eigenvalue weighted by molar-refractivity contribution is 7.16. The Bertz CT molecular complexity index is 796. The van der Waals surface area contributed by atoms with Crippen molar-refractivity contribution in [2.45, 2.75) is 20.0 Å². The Kier molecular flexibility index (Phi) is 3.48. The van der Waals surface area contributed by atoms with E-state index in [1.807, 2.05) is 17.6 Å². The third-order valence-electron chi connectivity index (χ3n) is 3.13. The number of aromatic nitrogens is 4. The van der Waals surface area contributed by atoms with E-state index in [-0.39, 0.29) is 5.69 Å². The lowest BCUT2D eigenvalue weighted by Gasteiger charge is -2.07. The van der Waals surface area contributed by atoms with Crippen molar-refractivity contribution >= 4 is 32.9 Å². The highest BCUT2D eigenvalue weighted by atomic mass is 32.1. The summed E-state index contributed by atoms with van der Waals surface area (Å²) < 4.78 is 2.67. The summed E-state index contributed by atoms with van der Waals surface area (Å²) >= 11 is 1.38. The van der Waals surface area contributed by atoms with Gasteiger partial charge in [-0.05, 0) is 19.1 Å². The number of rotatable bonds is 5. The molecule has 0 radical (unpaired) electrons. The average molecular weight is 304 g/mol. The van der Waals surface area contributed by atoms with Gasteiger partial charge in [-0.2, -0.15) is 0 Å². The van der Waals surface area contributed by atoms with Crippen molar-refractivity contribution in [1.29, 1.82) is 0 Å². The molecular weight excluding hydrogens is 292 g/mol. The van der Waals surface area contributed by atoms with E-state index in [9.17, 15) is 10.1 Å². The molecule has 0 saturated carbocycles. The smallest absolute Gasteiger partial charge is 0.319 e. The van der Waals surface area contributed by atoms with Gasteiger partial charge in [0, 0.05) is 6.54 Å². The van der Waals surface area contributed by atoms with Crippen LogP contribution in [0.4, 0.5) is 11.4 Å². The normalized spacial score (nSPS) is 10.9. The molecular formula is C12H12N6O2S. The number of benzene rings is 1. The summed E-state index contributed by atoms with van der Waals surface area (Å²) in [7, 11) is 0. The van der Waals surface area contributed by atoms with Crippen LogP contribution in [0.3, 0.4) is 0 Å². The van der Waals surface area contributed by atoms with Crippen LogP contribution < -0.4 is 5.32 Å². The fourth-order valence-electron chi connectivity index (χ4n) is 2.10. The standard InChI is InChI=1S/C12H12N6O2S/c1-2-17-6-15-16-10(17)5-13-8-3-4-9-11(14-7-21-9)12(8)18(19)20/h3-4,6-7,13H,2,5H2,1H3. The lowest BCUT2D eigenvalue weighted by molar-refractivity contribution is -0.382. The van der Waals surface area contributed by atoms with E-state index >= 15 is 0 Å². The highest BCUT2D eigenvalue weighted by Gasteiger charge is 2.20. The number of nitrogens with one attached hydrogen (secondary N) is 1. The zero-order chi connectivity index (χ0) is 14.8. The van der Waals surface area contributed by atoms with Gasteiger partial charge < -0.3 is 9.88 Å². The van der Waals surface area contributed by atoms with Crippen molar-refractivity contribution in [2.75, 3.05) is 5.32 Å². The number of fused-ring (bicyclic) bond motifs is 1. The zero-order valence-electron chi connectivity index (χ0n) is 11.2. The molecule has 0 aliphatic carbocycles. The Balaban J connectivity index is 1.93. The molecule has 108 valence electrons. The summed E-state index contributed by atoms with van der Waals surface area (Å²) in [4.78, 5) is 15.0. The van der Waals surface area contributed by atoms with Gasteiger partial charge in [0.25, 0.3) is 0 Å². The largest absolute Gasteiger partial charge is 0.372 e. The van der Waals surface area contributed by atoms with Crippen molar-refractivity contribution in [3.05, 3.63) is 39.9 Å². The van der Waals surface area contributed by atoms with Crippen LogP contribution in [-0.2, 0) is 13.1 Å². The van der Waals surface area contributed by atoms with Gasteiger partial charge in [0.15, 0.2) is 11.3 Å². The van der Waals surface area contributed by atoms with Crippen molar-refractivity contribution in [1.82, 2.24) is 19.7 Å². The first-order valence-corrected chi connectivity index (χ1v) is 7.19. The Labute approximate surface area is 123 Å². The summed E-state index contributed by atoms with van der Waals surface area (Å²) in [6.07, 6.45) is 1.63. The maximum atomic E-state index is 11.3. The summed E-state index contributed by atoms with van der Waals surface area (Å²) in [6, 6.07) is 3.53. The molecule has 0 saturated heterocycles. The average Bonchev–Trinajstić information content (AvgIpc) is 3.12. The minimum Gasteiger partial charge on any atom is -0.372 e. The number of aryl methyl sites for hydroxylation is 1. The van der Waals surface area contributed by atoms with Gasteiger partial charge in [-0.1, -0.05) is 0 Å². The zero-order valence-corrected chi connectivity index (χ0v) is 12.0. The number of nitro benzene ring substituents is 1. The van der Waals surface area contributed by atoms with Gasteiger partial charge in [-0.3, -0.25) is 10.1 Å². The topological polar surface area (TPSA) is 98.8 Å². The molecule has 3 rings (SSSR count). The summed E-state index contributed by atoms with van der Waals surface area (Å²) in [5, 5.41) is 22.2. The minimum absolute atomic E-state index is 0.00341. The molecule has 0 unspecified atom stereocenters. The number of hydrogen-bond donors (Lipinski definition) is 1. The number of thiazole rings is 1. The Hall–Kier alpha value is -2.55. The monoisotopic (exact) mass is 304 g/mol. The Morgan fingerprint density at radius 2 is 2.33 bits per heavy atom. The van der Waals surface area contributed by atoms with Gasteiger partial charge in [-0.15, -0.1) is 21.5 Å². The van der Waals surface area contributed by atoms with E-state index in [2.05, 4.69) is 20.5 Å². The van der Waals surface area contributed by atoms with E-state index in [0.29, 0.717) is 17.7 Å². The van der Waals surface area contributed by atoms with Crippen LogP contribution in [0.1, 0.15) is 12.7 Å².